The first-order valence-electron chi connectivity index (χ1n) is 10.3. The average Bonchev–Trinajstić information content (AvgIpc) is 2.55. The van der Waals surface area contributed by atoms with Gasteiger partial charge in [0.25, 0.3) is 0 Å². The number of rotatable bonds is 13. The van der Waals surface area contributed by atoms with Gasteiger partial charge >= 0.3 is 0 Å². The summed E-state index contributed by atoms with van der Waals surface area (Å²) in [5.74, 6) is 0.0968. The van der Waals surface area contributed by atoms with Gasteiger partial charge in [0, 0.05) is 12.5 Å². The average molecular weight is 337 g/mol. The van der Waals surface area contributed by atoms with E-state index >= 15 is 0 Å². The zero-order chi connectivity index (χ0) is 17.7. The van der Waals surface area contributed by atoms with Crippen molar-refractivity contribution in [1.82, 2.24) is 0 Å². The van der Waals surface area contributed by atoms with Crippen LogP contribution in [0.2, 0.25) is 0 Å². The molecule has 0 heterocycles. The number of hydrogen-bond acceptors (Lipinski definition) is 2. The van der Waals surface area contributed by atoms with Crippen LogP contribution in [0.3, 0.4) is 0 Å². The molecule has 0 saturated heterocycles. The van der Waals surface area contributed by atoms with E-state index in [0.717, 1.165) is 13.0 Å². The molecule has 1 saturated carbocycles. The van der Waals surface area contributed by atoms with E-state index in [-0.39, 0.29) is 11.3 Å². The summed E-state index contributed by atoms with van der Waals surface area (Å²) in [4.78, 5) is 11.0. The third-order valence-electron chi connectivity index (χ3n) is 5.31. The number of hydrogen-bond donors (Lipinski definition) is 0. The predicted octanol–water partition coefficient (Wildman–Crippen LogP) is 6.43. The van der Waals surface area contributed by atoms with Crippen molar-refractivity contribution in [2.45, 2.75) is 110 Å². The minimum Gasteiger partial charge on any atom is -0.378 e. The third kappa shape index (κ3) is 10.5. The lowest BCUT2D eigenvalue weighted by Crippen LogP contribution is -2.21. The van der Waals surface area contributed by atoms with Crippen molar-refractivity contribution in [2.24, 2.45) is 11.3 Å². The maximum atomic E-state index is 11.0. The molecule has 1 unspecified atom stereocenters. The molecule has 0 aromatic carbocycles. The van der Waals surface area contributed by atoms with Crippen LogP contribution in [0.1, 0.15) is 104 Å². The third-order valence-corrected chi connectivity index (χ3v) is 5.31. The molecule has 1 atom stereocenters. The molecule has 24 heavy (non-hydrogen) atoms. The summed E-state index contributed by atoms with van der Waals surface area (Å²) < 4.78 is 5.95. The van der Waals surface area contributed by atoms with Crippen molar-refractivity contribution in [1.29, 1.82) is 0 Å². The van der Waals surface area contributed by atoms with Gasteiger partial charge in [0.05, 0.1) is 6.10 Å². The van der Waals surface area contributed by atoms with Gasteiger partial charge < -0.3 is 4.74 Å². The van der Waals surface area contributed by atoms with Crippen LogP contribution in [-0.2, 0) is 9.53 Å². The van der Waals surface area contributed by atoms with Crippen molar-refractivity contribution in [3.8, 4) is 0 Å². The molecular weight excluding hydrogens is 296 g/mol. The summed E-state index contributed by atoms with van der Waals surface area (Å²) >= 11 is 0. The molecule has 0 aliphatic heterocycles. The lowest BCUT2D eigenvalue weighted by molar-refractivity contribution is 0.0326. The Bertz CT molecular complexity index is 300. The Labute approximate surface area is 151 Å². The summed E-state index contributed by atoms with van der Waals surface area (Å²) in [6.07, 6.45) is 21.4. The molecule has 2 nitrogen and oxygen atoms in total. The highest BCUT2D eigenvalue weighted by molar-refractivity contribution is 5.55. The van der Waals surface area contributed by atoms with Gasteiger partial charge in [0.2, 0.25) is 6.29 Å². The highest BCUT2D eigenvalue weighted by atomic mass is 16.5. The summed E-state index contributed by atoms with van der Waals surface area (Å²) in [6, 6.07) is 0. The highest BCUT2D eigenvalue weighted by Gasteiger charge is 2.24. The van der Waals surface area contributed by atoms with Crippen molar-refractivity contribution >= 4 is 6.29 Å². The second-order valence-electron chi connectivity index (χ2n) is 8.59. The Morgan fingerprint density at radius 3 is 2.04 bits per heavy atom. The first-order valence-corrected chi connectivity index (χ1v) is 10.3. The number of unbranched alkanes of at least 4 members (excludes halogenated alkanes) is 7. The van der Waals surface area contributed by atoms with E-state index in [9.17, 15) is 4.79 Å². The van der Waals surface area contributed by atoms with Gasteiger partial charge in [0.1, 0.15) is 0 Å². The molecule has 1 rings (SSSR count). The molecule has 0 aromatic heterocycles. The van der Waals surface area contributed by atoms with E-state index in [1.54, 1.807) is 0 Å². The van der Waals surface area contributed by atoms with E-state index in [1.807, 2.05) is 0 Å². The van der Waals surface area contributed by atoms with Gasteiger partial charge in [-0.2, -0.15) is 0 Å². The topological polar surface area (TPSA) is 26.3 Å². The normalized spacial score (nSPS) is 17.8. The summed E-state index contributed by atoms with van der Waals surface area (Å²) in [7, 11) is 0. The standard InChI is InChI=1S/C22H40O2/c1-22(2,3)20(19-23)15-11-8-6-4-5-7-9-14-18-24-21-16-12-10-13-17-21/h10,20-21H,4-9,11-18H2,1-3H3. The fourth-order valence-electron chi connectivity index (χ4n) is 3.49. The van der Waals surface area contributed by atoms with E-state index in [0.29, 0.717) is 6.10 Å². The van der Waals surface area contributed by atoms with E-state index in [2.05, 4.69) is 33.5 Å². The minimum atomic E-state index is 0.0691. The molecule has 140 valence electrons. The molecule has 0 N–H and O–H groups in total. The molecule has 0 aromatic rings. The minimum absolute atomic E-state index is 0.0691. The van der Waals surface area contributed by atoms with Crippen molar-refractivity contribution in [3.05, 3.63) is 6.42 Å². The van der Waals surface area contributed by atoms with Crippen LogP contribution in [-0.4, -0.2) is 19.0 Å². The Balaban J connectivity index is 1.82. The molecule has 1 aliphatic carbocycles. The van der Waals surface area contributed by atoms with Crippen LogP contribution < -0.4 is 0 Å². The van der Waals surface area contributed by atoms with Crippen molar-refractivity contribution in [2.75, 3.05) is 6.61 Å². The Morgan fingerprint density at radius 2 is 1.50 bits per heavy atom. The molecular formula is C22H40O2. The summed E-state index contributed by atoms with van der Waals surface area (Å²) in [5.41, 5.74) is 0.0691. The Morgan fingerprint density at radius 1 is 0.958 bits per heavy atom. The van der Waals surface area contributed by atoms with Crippen molar-refractivity contribution in [3.63, 3.8) is 0 Å². The largest absolute Gasteiger partial charge is 0.378 e. The van der Waals surface area contributed by atoms with Crippen LogP contribution in [0.4, 0.5) is 0 Å². The van der Waals surface area contributed by atoms with Crippen LogP contribution in [0.25, 0.3) is 0 Å². The molecule has 0 spiro atoms. The zero-order valence-corrected chi connectivity index (χ0v) is 16.4. The van der Waals surface area contributed by atoms with Crippen molar-refractivity contribution < 1.29 is 9.53 Å². The van der Waals surface area contributed by atoms with E-state index < -0.39 is 0 Å². The quantitative estimate of drug-likeness (QED) is 0.362. The molecule has 2 radical (unpaired) electrons. The molecule has 1 aliphatic rings. The molecule has 2 heteroatoms. The van der Waals surface area contributed by atoms with Gasteiger partial charge in [0.15, 0.2) is 0 Å². The lowest BCUT2D eigenvalue weighted by Gasteiger charge is -2.25. The molecule has 0 amide bonds. The van der Waals surface area contributed by atoms with Crippen LogP contribution in [0.15, 0.2) is 0 Å². The van der Waals surface area contributed by atoms with Gasteiger partial charge in [-0.1, -0.05) is 65.7 Å². The van der Waals surface area contributed by atoms with Gasteiger partial charge in [-0.25, -0.2) is 0 Å². The van der Waals surface area contributed by atoms with E-state index in [1.165, 1.54) is 77.0 Å². The Hall–Kier alpha value is -0.370. The highest BCUT2D eigenvalue weighted by Crippen LogP contribution is 2.28. The first-order chi connectivity index (χ1) is 11.5. The fraction of sp³-hybridized carbons (Fsp3) is 0.909. The second kappa shape index (κ2) is 12.9. The van der Waals surface area contributed by atoms with Gasteiger partial charge in [-0.15, -0.1) is 0 Å². The zero-order valence-electron chi connectivity index (χ0n) is 16.4. The maximum Gasteiger partial charge on any atom is 0.202 e. The molecule has 1 fully saturated rings. The van der Waals surface area contributed by atoms with Gasteiger partial charge in [-0.3, -0.25) is 4.79 Å². The number of carbonyl (C=O) groups excluding carboxylic acids is 1. The smallest absolute Gasteiger partial charge is 0.202 e. The summed E-state index contributed by atoms with van der Waals surface area (Å²) in [5, 5.41) is 0. The fourth-order valence-corrected chi connectivity index (χ4v) is 3.49. The van der Waals surface area contributed by atoms with Crippen LogP contribution in [0.5, 0.6) is 0 Å². The van der Waals surface area contributed by atoms with E-state index in [4.69, 9.17) is 4.74 Å². The lowest BCUT2D eigenvalue weighted by atomic mass is 9.79. The number of ether oxygens (including phenoxy) is 1. The monoisotopic (exact) mass is 336 g/mol. The molecule has 0 bridgehead atoms. The first kappa shape index (κ1) is 21.7. The van der Waals surface area contributed by atoms with Crippen LogP contribution >= 0.6 is 0 Å². The Kier molecular flexibility index (Phi) is 11.7. The SMILES string of the molecule is CC(C)(C)C([C]=O)CCCCCCCCCCOC1CC[CH]CC1. The van der Waals surface area contributed by atoms with Crippen LogP contribution in [0, 0.1) is 17.8 Å². The van der Waals surface area contributed by atoms with Gasteiger partial charge in [-0.05, 0) is 50.4 Å². The second-order valence-corrected chi connectivity index (χ2v) is 8.59. The summed E-state index contributed by atoms with van der Waals surface area (Å²) in [6.45, 7) is 7.37. The predicted molar refractivity (Wildman–Crippen MR) is 103 cm³/mol. The maximum absolute atomic E-state index is 11.0.